The quantitative estimate of drug-likeness (QED) is 0.677. The summed E-state index contributed by atoms with van der Waals surface area (Å²) in [4.78, 5) is 31.2. The zero-order chi connectivity index (χ0) is 24.5. The van der Waals surface area contributed by atoms with E-state index in [0.29, 0.717) is 49.9 Å². The first kappa shape index (κ1) is 23.4. The monoisotopic (exact) mass is 494 g/mol. The molecule has 3 aliphatic rings. The van der Waals surface area contributed by atoms with E-state index < -0.39 is 6.09 Å². The number of amides is 2. The van der Waals surface area contributed by atoms with Crippen LogP contribution in [0, 0.1) is 17.2 Å². The Morgan fingerprint density at radius 1 is 1.03 bits per heavy atom. The van der Waals surface area contributed by atoms with Crippen LogP contribution in [0.1, 0.15) is 42.9 Å². The molecule has 1 aromatic heterocycles. The number of nitriles is 1. The summed E-state index contributed by atoms with van der Waals surface area (Å²) in [6.07, 6.45) is 2.22. The Kier molecular flexibility index (Phi) is 6.48. The molecule has 2 amide bonds. The highest BCUT2D eigenvalue weighted by molar-refractivity contribution is 6.30. The molecule has 2 saturated heterocycles. The summed E-state index contributed by atoms with van der Waals surface area (Å²) >= 11 is 6.08. The average Bonchev–Trinajstić information content (AvgIpc) is 3.62. The van der Waals surface area contributed by atoms with Crippen molar-refractivity contribution in [3.05, 3.63) is 52.7 Å². The summed E-state index contributed by atoms with van der Waals surface area (Å²) in [5.41, 5.74) is 1.29. The number of benzene rings is 1. The molecule has 2 atom stereocenters. The molecule has 1 aliphatic carbocycles. The Labute approximate surface area is 208 Å². The first-order valence-corrected chi connectivity index (χ1v) is 12.4. The normalized spacial score (nSPS) is 22.6. The van der Waals surface area contributed by atoms with Crippen molar-refractivity contribution in [1.29, 1.82) is 5.26 Å². The third-order valence-corrected chi connectivity index (χ3v) is 7.60. The Morgan fingerprint density at radius 2 is 1.74 bits per heavy atom. The number of carbonyl (C=O) groups excluding carboxylic acids is 1. The van der Waals surface area contributed by atoms with E-state index in [4.69, 9.17) is 16.9 Å². The topological polar surface area (TPSA) is 114 Å². The second-order valence-electron chi connectivity index (χ2n) is 9.54. The summed E-state index contributed by atoms with van der Waals surface area (Å²) in [7, 11) is 0. The van der Waals surface area contributed by atoms with Gasteiger partial charge in [0.2, 0.25) is 5.91 Å². The van der Waals surface area contributed by atoms with Gasteiger partial charge in [-0.25, -0.2) is 4.79 Å². The van der Waals surface area contributed by atoms with Crippen LogP contribution in [0.15, 0.2) is 36.4 Å². The predicted molar refractivity (Wildman–Crippen MR) is 129 cm³/mol. The van der Waals surface area contributed by atoms with Crippen LogP contribution in [-0.4, -0.2) is 75.4 Å². The molecular weight excluding hydrogens is 468 g/mol. The first-order chi connectivity index (χ1) is 16.9. The Hall–Kier alpha value is -3.38. The van der Waals surface area contributed by atoms with Crippen molar-refractivity contribution in [3.63, 3.8) is 0 Å². The third kappa shape index (κ3) is 4.89. The molecule has 10 heteroatoms. The van der Waals surface area contributed by atoms with Crippen molar-refractivity contribution < 1.29 is 14.7 Å². The molecule has 2 aliphatic heterocycles. The van der Waals surface area contributed by atoms with E-state index in [-0.39, 0.29) is 35.5 Å². The van der Waals surface area contributed by atoms with E-state index >= 15 is 0 Å². The van der Waals surface area contributed by atoms with Crippen molar-refractivity contribution in [2.45, 2.75) is 43.7 Å². The lowest BCUT2D eigenvalue weighted by Gasteiger charge is -2.34. The molecule has 0 spiro atoms. The van der Waals surface area contributed by atoms with E-state index in [1.165, 1.54) is 0 Å². The van der Waals surface area contributed by atoms with Gasteiger partial charge in [-0.3, -0.25) is 9.69 Å². The SMILES string of the molecule is N#Cc1ccc(N2CCC(C(=O)N3C[C@@H](N(C(=O)O)C4CC4)[C@H](c4ccc(Cl)cc4)C3)CC2)nn1. The van der Waals surface area contributed by atoms with Crippen molar-refractivity contribution in [2.75, 3.05) is 31.1 Å². The largest absolute Gasteiger partial charge is 0.465 e. The van der Waals surface area contributed by atoms with Crippen LogP contribution in [0.2, 0.25) is 5.02 Å². The van der Waals surface area contributed by atoms with Gasteiger partial charge >= 0.3 is 6.09 Å². The highest BCUT2D eigenvalue weighted by Crippen LogP contribution is 2.39. The van der Waals surface area contributed by atoms with Gasteiger partial charge in [0.15, 0.2) is 11.5 Å². The molecule has 3 heterocycles. The minimum atomic E-state index is -0.914. The summed E-state index contributed by atoms with van der Waals surface area (Å²) < 4.78 is 0. The Bertz CT molecular complexity index is 1120. The van der Waals surface area contributed by atoms with Crippen LogP contribution in [0.5, 0.6) is 0 Å². The lowest BCUT2D eigenvalue weighted by atomic mass is 9.93. The van der Waals surface area contributed by atoms with Crippen molar-refractivity contribution in [1.82, 2.24) is 20.0 Å². The lowest BCUT2D eigenvalue weighted by Crippen LogP contribution is -2.46. The number of nitrogens with zero attached hydrogens (tertiary/aromatic N) is 6. The molecule has 0 radical (unpaired) electrons. The molecule has 0 bridgehead atoms. The number of likely N-dealkylation sites (tertiary alicyclic amines) is 1. The highest BCUT2D eigenvalue weighted by atomic mass is 35.5. The van der Waals surface area contributed by atoms with E-state index in [0.717, 1.165) is 18.4 Å². The molecule has 182 valence electrons. The van der Waals surface area contributed by atoms with Crippen molar-refractivity contribution >= 4 is 29.4 Å². The van der Waals surface area contributed by atoms with Crippen LogP contribution in [0.4, 0.5) is 10.6 Å². The van der Waals surface area contributed by atoms with Gasteiger partial charge in [0.1, 0.15) is 6.07 Å². The summed E-state index contributed by atoms with van der Waals surface area (Å²) in [5, 5.41) is 27.5. The number of hydrogen-bond acceptors (Lipinski definition) is 6. The summed E-state index contributed by atoms with van der Waals surface area (Å²) in [6.45, 7) is 2.27. The number of carbonyl (C=O) groups is 2. The van der Waals surface area contributed by atoms with E-state index in [1.54, 1.807) is 17.0 Å². The van der Waals surface area contributed by atoms with Gasteiger partial charge in [0.25, 0.3) is 0 Å². The molecule has 9 nitrogen and oxygen atoms in total. The van der Waals surface area contributed by atoms with E-state index in [2.05, 4.69) is 15.1 Å². The number of piperidine rings is 1. The van der Waals surface area contributed by atoms with Crippen LogP contribution in [-0.2, 0) is 4.79 Å². The second-order valence-corrected chi connectivity index (χ2v) is 9.98. The fraction of sp³-hybridized carbons (Fsp3) is 0.480. The van der Waals surface area contributed by atoms with E-state index in [1.807, 2.05) is 35.2 Å². The average molecular weight is 495 g/mol. The maximum atomic E-state index is 13.5. The van der Waals surface area contributed by atoms with Gasteiger partial charge in [-0.2, -0.15) is 5.26 Å². The zero-order valence-electron chi connectivity index (χ0n) is 19.3. The summed E-state index contributed by atoms with van der Waals surface area (Å²) in [6, 6.07) is 12.7. The third-order valence-electron chi connectivity index (χ3n) is 7.35. The number of anilines is 1. The van der Waals surface area contributed by atoms with Gasteiger partial charge in [-0.1, -0.05) is 23.7 Å². The van der Waals surface area contributed by atoms with Gasteiger partial charge in [-0.05, 0) is 55.5 Å². The molecule has 1 aromatic carbocycles. The van der Waals surface area contributed by atoms with Crippen LogP contribution < -0.4 is 4.90 Å². The van der Waals surface area contributed by atoms with Crippen molar-refractivity contribution in [2.24, 2.45) is 5.92 Å². The number of hydrogen-bond donors (Lipinski definition) is 1. The van der Waals surface area contributed by atoms with Gasteiger partial charge in [0.05, 0.1) is 6.04 Å². The smallest absolute Gasteiger partial charge is 0.407 e. The standard InChI is InChI=1S/C25H27ClN6O3/c26-18-3-1-16(2-4-18)21-14-31(15-22(21)32(25(34)35)20-6-7-20)24(33)17-9-11-30(12-10-17)23-8-5-19(13-27)28-29-23/h1-5,8,17,20-22H,6-7,9-12,14-15H2,(H,34,35)/t21-,22+/m0/s1. The van der Waals surface area contributed by atoms with Crippen LogP contribution in [0.25, 0.3) is 0 Å². The number of carboxylic acid groups (broad SMARTS) is 1. The minimum Gasteiger partial charge on any atom is -0.465 e. The molecule has 0 unspecified atom stereocenters. The number of rotatable bonds is 5. The molecule has 2 aromatic rings. The lowest BCUT2D eigenvalue weighted by molar-refractivity contribution is -0.135. The van der Waals surface area contributed by atoms with Crippen LogP contribution >= 0.6 is 11.6 Å². The summed E-state index contributed by atoms with van der Waals surface area (Å²) in [5.74, 6) is 0.613. The molecule has 1 N–H and O–H groups in total. The van der Waals surface area contributed by atoms with Crippen molar-refractivity contribution in [3.8, 4) is 6.07 Å². The maximum Gasteiger partial charge on any atom is 0.407 e. The van der Waals surface area contributed by atoms with Crippen LogP contribution in [0.3, 0.4) is 0 Å². The van der Waals surface area contributed by atoms with Gasteiger partial charge in [0, 0.05) is 49.1 Å². The van der Waals surface area contributed by atoms with E-state index in [9.17, 15) is 14.7 Å². The minimum absolute atomic E-state index is 0.0409. The fourth-order valence-electron chi connectivity index (χ4n) is 5.37. The Morgan fingerprint density at radius 3 is 2.31 bits per heavy atom. The zero-order valence-corrected chi connectivity index (χ0v) is 20.0. The molecule has 3 fully saturated rings. The number of halogens is 1. The van der Waals surface area contributed by atoms with Gasteiger partial charge < -0.3 is 14.9 Å². The fourth-order valence-corrected chi connectivity index (χ4v) is 5.50. The second kappa shape index (κ2) is 9.70. The predicted octanol–water partition coefficient (Wildman–Crippen LogP) is 3.36. The highest BCUT2D eigenvalue weighted by Gasteiger charge is 2.47. The molecule has 1 saturated carbocycles. The maximum absolute atomic E-state index is 13.5. The molecule has 5 rings (SSSR count). The molecule has 35 heavy (non-hydrogen) atoms. The van der Waals surface area contributed by atoms with Gasteiger partial charge in [-0.15, -0.1) is 10.2 Å². The molecular formula is C25H27ClN6O3. The first-order valence-electron chi connectivity index (χ1n) is 12.0. The number of aromatic nitrogens is 2. The Balaban J connectivity index is 1.28.